The van der Waals surface area contributed by atoms with Crippen molar-refractivity contribution in [3.05, 3.63) is 71.5 Å². The third-order valence-corrected chi connectivity index (χ3v) is 4.54. The number of morpholine rings is 1. The van der Waals surface area contributed by atoms with E-state index < -0.39 is 0 Å². The molecule has 1 fully saturated rings. The monoisotopic (exact) mass is 378 g/mol. The van der Waals surface area contributed by atoms with Crippen LogP contribution in [0.25, 0.3) is 0 Å². The lowest BCUT2D eigenvalue weighted by Crippen LogP contribution is -2.45. The minimum Gasteiger partial charge on any atom is -0.452 e. The lowest BCUT2D eigenvalue weighted by atomic mass is 10.1. The van der Waals surface area contributed by atoms with Crippen LogP contribution in [0.1, 0.15) is 15.9 Å². The van der Waals surface area contributed by atoms with E-state index in [-0.39, 0.29) is 36.6 Å². The fourth-order valence-corrected chi connectivity index (χ4v) is 3.05. The van der Waals surface area contributed by atoms with Crippen LogP contribution in [0, 0.1) is 0 Å². The lowest BCUT2D eigenvalue weighted by Gasteiger charge is -2.25. The van der Waals surface area contributed by atoms with Crippen LogP contribution in [-0.4, -0.2) is 42.4 Å². The van der Waals surface area contributed by atoms with Crippen molar-refractivity contribution in [1.29, 1.82) is 0 Å². The number of hydrogen-bond acceptors (Lipinski definition) is 5. The van der Waals surface area contributed by atoms with E-state index in [9.17, 15) is 14.4 Å². The summed E-state index contributed by atoms with van der Waals surface area (Å²) in [5.41, 5.74) is 1.92. The summed E-state index contributed by atoms with van der Waals surface area (Å²) >= 11 is 0. The van der Waals surface area contributed by atoms with Gasteiger partial charge < -0.3 is 14.8 Å². The molecule has 4 rings (SSSR count). The number of imide groups is 1. The molecule has 0 spiro atoms. The molecule has 7 heteroatoms. The second kappa shape index (κ2) is 7.66. The molecule has 0 radical (unpaired) electrons. The number of nitrogens with zero attached hydrogens (tertiary/aromatic N) is 1. The highest BCUT2D eigenvalue weighted by Crippen LogP contribution is 2.26. The summed E-state index contributed by atoms with van der Waals surface area (Å²) in [5.74, 6) is -0.183. The maximum Gasteiger partial charge on any atom is 0.291 e. The van der Waals surface area contributed by atoms with Crippen molar-refractivity contribution >= 4 is 23.4 Å². The Morgan fingerprint density at radius 3 is 2.61 bits per heavy atom. The first-order valence-corrected chi connectivity index (χ1v) is 8.91. The third-order valence-electron chi connectivity index (χ3n) is 4.54. The maximum atomic E-state index is 12.4. The molecule has 2 aliphatic rings. The second-order valence-electron chi connectivity index (χ2n) is 6.42. The minimum absolute atomic E-state index is 0.0852. The van der Waals surface area contributed by atoms with Gasteiger partial charge in [-0.1, -0.05) is 18.2 Å². The second-order valence-corrected chi connectivity index (χ2v) is 6.42. The predicted octanol–water partition coefficient (Wildman–Crippen LogP) is 2.14. The quantitative estimate of drug-likeness (QED) is 0.828. The van der Waals surface area contributed by atoms with Gasteiger partial charge in [-0.05, 0) is 48.4 Å². The van der Waals surface area contributed by atoms with E-state index in [0.29, 0.717) is 30.0 Å². The van der Waals surface area contributed by atoms with Crippen molar-refractivity contribution in [3.8, 4) is 5.75 Å². The van der Waals surface area contributed by atoms with Crippen LogP contribution < -0.4 is 10.1 Å². The number of anilines is 1. The van der Waals surface area contributed by atoms with E-state index in [1.54, 1.807) is 30.3 Å². The number of fused-ring (bicyclic) bond motifs is 1. The zero-order valence-electron chi connectivity index (χ0n) is 15.0. The Hall–Kier alpha value is -3.45. The Bertz CT molecular complexity index is 965. The highest BCUT2D eigenvalue weighted by molar-refractivity contribution is 6.06. The van der Waals surface area contributed by atoms with Crippen molar-refractivity contribution in [1.82, 2.24) is 4.90 Å². The van der Waals surface area contributed by atoms with E-state index in [0.717, 1.165) is 5.56 Å². The molecular weight excluding hydrogens is 360 g/mol. The maximum absolute atomic E-state index is 12.4. The highest BCUT2D eigenvalue weighted by Gasteiger charge is 2.26. The molecule has 0 aromatic heterocycles. The molecule has 0 aliphatic carbocycles. The Morgan fingerprint density at radius 2 is 1.82 bits per heavy atom. The SMILES string of the molecule is O=C(Nc1ccc(C(=O)N2CCOCC2=O)cc1)C1=CCc2ccccc2O1. The first-order chi connectivity index (χ1) is 13.6. The van der Waals surface area contributed by atoms with E-state index in [1.807, 2.05) is 24.3 Å². The molecule has 2 aromatic rings. The first-order valence-electron chi connectivity index (χ1n) is 8.91. The Morgan fingerprint density at radius 1 is 1.04 bits per heavy atom. The molecule has 142 valence electrons. The number of rotatable bonds is 3. The summed E-state index contributed by atoms with van der Waals surface area (Å²) in [4.78, 5) is 37.9. The van der Waals surface area contributed by atoms with E-state index in [1.165, 1.54) is 4.90 Å². The van der Waals surface area contributed by atoms with Gasteiger partial charge in [0, 0.05) is 11.3 Å². The number of benzene rings is 2. The van der Waals surface area contributed by atoms with Crippen molar-refractivity contribution in [2.24, 2.45) is 0 Å². The molecule has 28 heavy (non-hydrogen) atoms. The average molecular weight is 378 g/mol. The summed E-state index contributed by atoms with van der Waals surface area (Å²) in [7, 11) is 0. The number of allylic oxidation sites excluding steroid dienone is 1. The molecular formula is C21H18N2O5. The molecule has 1 N–H and O–H groups in total. The van der Waals surface area contributed by atoms with E-state index in [2.05, 4.69) is 5.32 Å². The van der Waals surface area contributed by atoms with Crippen LogP contribution in [0.5, 0.6) is 5.75 Å². The fraction of sp³-hybridized carbons (Fsp3) is 0.190. The van der Waals surface area contributed by atoms with Crippen molar-refractivity contribution < 1.29 is 23.9 Å². The van der Waals surface area contributed by atoms with Crippen LogP contribution in [0.15, 0.2) is 60.4 Å². The molecule has 0 saturated carbocycles. The summed E-state index contributed by atoms with van der Waals surface area (Å²) in [6.45, 7) is 0.491. The van der Waals surface area contributed by atoms with Gasteiger partial charge in [-0.2, -0.15) is 0 Å². The Balaban J connectivity index is 1.41. The molecule has 0 unspecified atom stereocenters. The summed E-state index contributed by atoms with van der Waals surface area (Å²) in [6.07, 6.45) is 2.36. The minimum atomic E-state index is -0.374. The number of carbonyl (C=O) groups is 3. The molecule has 0 bridgehead atoms. The largest absolute Gasteiger partial charge is 0.452 e. The van der Waals surface area contributed by atoms with Crippen LogP contribution in [0.3, 0.4) is 0 Å². The fourth-order valence-electron chi connectivity index (χ4n) is 3.05. The normalized spacial score (nSPS) is 15.9. The highest BCUT2D eigenvalue weighted by atomic mass is 16.5. The number of para-hydroxylation sites is 1. The third kappa shape index (κ3) is 3.65. The van der Waals surface area contributed by atoms with E-state index >= 15 is 0 Å². The predicted molar refractivity (Wildman–Crippen MR) is 101 cm³/mol. The summed E-state index contributed by atoms with van der Waals surface area (Å²) in [6, 6.07) is 13.9. The van der Waals surface area contributed by atoms with Gasteiger partial charge in [-0.15, -0.1) is 0 Å². The van der Waals surface area contributed by atoms with Gasteiger partial charge in [0.15, 0.2) is 5.76 Å². The molecule has 2 heterocycles. The topological polar surface area (TPSA) is 84.9 Å². The van der Waals surface area contributed by atoms with Gasteiger partial charge in [-0.3, -0.25) is 19.3 Å². The molecule has 3 amide bonds. The average Bonchev–Trinajstić information content (AvgIpc) is 2.74. The van der Waals surface area contributed by atoms with Gasteiger partial charge in [0.2, 0.25) is 0 Å². The number of ether oxygens (including phenoxy) is 2. The standard InChI is InChI=1S/C21H18N2O5/c24-19-13-27-12-11-23(19)21(26)15-5-8-16(9-6-15)22-20(25)18-10-7-14-3-1-2-4-17(14)28-18/h1-6,8-10H,7,11-13H2,(H,22,25). The molecule has 1 saturated heterocycles. The van der Waals surface area contributed by atoms with Crippen molar-refractivity contribution in [3.63, 3.8) is 0 Å². The van der Waals surface area contributed by atoms with E-state index in [4.69, 9.17) is 9.47 Å². The van der Waals surface area contributed by atoms with Gasteiger partial charge >= 0.3 is 0 Å². The summed E-state index contributed by atoms with van der Waals surface area (Å²) in [5, 5.41) is 2.75. The van der Waals surface area contributed by atoms with Crippen LogP contribution in [-0.2, 0) is 20.7 Å². The van der Waals surface area contributed by atoms with Crippen molar-refractivity contribution in [2.45, 2.75) is 6.42 Å². The van der Waals surface area contributed by atoms with Crippen LogP contribution in [0.2, 0.25) is 0 Å². The molecule has 0 atom stereocenters. The van der Waals surface area contributed by atoms with Crippen LogP contribution in [0.4, 0.5) is 5.69 Å². The Kier molecular flexibility index (Phi) is 4.90. The number of nitrogens with one attached hydrogen (secondary N) is 1. The number of carbonyl (C=O) groups excluding carboxylic acids is 3. The van der Waals surface area contributed by atoms with Gasteiger partial charge in [0.1, 0.15) is 12.4 Å². The number of hydrogen-bond donors (Lipinski definition) is 1. The van der Waals surface area contributed by atoms with Gasteiger partial charge in [0.05, 0.1) is 13.2 Å². The van der Waals surface area contributed by atoms with Gasteiger partial charge in [-0.25, -0.2) is 0 Å². The zero-order chi connectivity index (χ0) is 19.5. The number of amides is 3. The van der Waals surface area contributed by atoms with Gasteiger partial charge in [0.25, 0.3) is 17.7 Å². The molecule has 2 aliphatic heterocycles. The molecule has 2 aromatic carbocycles. The first kappa shape index (κ1) is 17.9. The van der Waals surface area contributed by atoms with Crippen molar-refractivity contribution in [2.75, 3.05) is 25.1 Å². The molecule has 7 nitrogen and oxygen atoms in total. The smallest absolute Gasteiger partial charge is 0.291 e. The zero-order valence-corrected chi connectivity index (χ0v) is 15.0. The Labute approximate surface area is 161 Å². The lowest BCUT2D eigenvalue weighted by molar-refractivity contribution is -0.139. The summed E-state index contributed by atoms with van der Waals surface area (Å²) < 4.78 is 10.7. The van der Waals surface area contributed by atoms with Crippen LogP contribution >= 0.6 is 0 Å².